The van der Waals surface area contributed by atoms with Gasteiger partial charge in [-0.05, 0) is 31.2 Å². The van der Waals surface area contributed by atoms with Crippen LogP contribution < -0.4 is 4.90 Å². The zero-order valence-corrected chi connectivity index (χ0v) is 13.8. The van der Waals surface area contributed by atoms with E-state index in [-0.39, 0.29) is 17.8 Å². The summed E-state index contributed by atoms with van der Waals surface area (Å²) in [5, 5.41) is 0. The van der Waals surface area contributed by atoms with Gasteiger partial charge in [-0.3, -0.25) is 4.79 Å². The molecule has 0 spiro atoms. The second-order valence-corrected chi connectivity index (χ2v) is 5.57. The first kappa shape index (κ1) is 16.6. The minimum Gasteiger partial charge on any atom is -0.342 e. The molecule has 0 saturated carbocycles. The molecule has 0 radical (unpaired) electrons. The first-order chi connectivity index (χ1) is 12.0. The molecule has 126 valence electrons. The highest BCUT2D eigenvalue weighted by Crippen LogP contribution is 2.24. The molecule has 0 aliphatic carbocycles. The SMILES string of the molecule is Cc1ccnc(CC(=O)c2cc(F)cc(N(C)c3cncnc3)c2)n1. The van der Waals surface area contributed by atoms with E-state index in [4.69, 9.17) is 0 Å². The van der Waals surface area contributed by atoms with Gasteiger partial charge in [-0.15, -0.1) is 0 Å². The fourth-order valence-corrected chi connectivity index (χ4v) is 2.37. The zero-order valence-electron chi connectivity index (χ0n) is 13.8. The van der Waals surface area contributed by atoms with Gasteiger partial charge in [0, 0.05) is 30.2 Å². The molecule has 6 nitrogen and oxygen atoms in total. The smallest absolute Gasteiger partial charge is 0.170 e. The van der Waals surface area contributed by atoms with Crippen LogP contribution in [-0.4, -0.2) is 32.8 Å². The quantitative estimate of drug-likeness (QED) is 0.667. The summed E-state index contributed by atoms with van der Waals surface area (Å²) in [6, 6.07) is 5.96. The van der Waals surface area contributed by atoms with E-state index in [1.165, 1.54) is 18.5 Å². The van der Waals surface area contributed by atoms with E-state index in [1.54, 1.807) is 42.7 Å². The Labute approximate surface area is 144 Å². The van der Waals surface area contributed by atoms with Crippen molar-refractivity contribution in [2.45, 2.75) is 13.3 Å². The van der Waals surface area contributed by atoms with Crippen molar-refractivity contribution in [3.8, 4) is 0 Å². The van der Waals surface area contributed by atoms with Crippen LogP contribution in [0, 0.1) is 12.7 Å². The number of halogens is 1. The van der Waals surface area contributed by atoms with Gasteiger partial charge in [-0.1, -0.05) is 0 Å². The van der Waals surface area contributed by atoms with Crippen LogP contribution >= 0.6 is 0 Å². The molecule has 0 amide bonds. The summed E-state index contributed by atoms with van der Waals surface area (Å²) in [6.45, 7) is 1.83. The Morgan fingerprint density at radius 1 is 1.16 bits per heavy atom. The van der Waals surface area contributed by atoms with E-state index in [2.05, 4.69) is 19.9 Å². The van der Waals surface area contributed by atoms with E-state index in [0.717, 1.165) is 5.69 Å². The van der Waals surface area contributed by atoms with Gasteiger partial charge < -0.3 is 4.90 Å². The predicted octanol–water partition coefficient (Wildman–Crippen LogP) is 2.91. The van der Waals surface area contributed by atoms with Gasteiger partial charge in [-0.25, -0.2) is 24.3 Å². The number of aromatic nitrogens is 4. The average molecular weight is 337 g/mol. The van der Waals surface area contributed by atoms with Gasteiger partial charge in [-0.2, -0.15) is 0 Å². The number of carbonyl (C=O) groups excluding carboxylic acids is 1. The number of Topliss-reactive ketones (excluding diaryl/α,β-unsaturated/α-hetero) is 1. The molecule has 0 fully saturated rings. The van der Waals surface area contributed by atoms with E-state index >= 15 is 0 Å². The van der Waals surface area contributed by atoms with Gasteiger partial charge in [0.15, 0.2) is 5.78 Å². The summed E-state index contributed by atoms with van der Waals surface area (Å²) in [5.74, 6) is -0.320. The molecule has 2 aromatic heterocycles. The fourth-order valence-electron chi connectivity index (χ4n) is 2.37. The predicted molar refractivity (Wildman–Crippen MR) is 91.3 cm³/mol. The lowest BCUT2D eigenvalue weighted by molar-refractivity contribution is 0.0990. The maximum absolute atomic E-state index is 14.0. The lowest BCUT2D eigenvalue weighted by Crippen LogP contribution is -2.13. The Bertz CT molecular complexity index is 901. The third kappa shape index (κ3) is 4.00. The van der Waals surface area contributed by atoms with Crippen LogP contribution in [0.3, 0.4) is 0 Å². The number of rotatable bonds is 5. The zero-order chi connectivity index (χ0) is 17.8. The molecule has 0 bridgehead atoms. The third-order valence-corrected chi connectivity index (χ3v) is 3.69. The molecule has 0 unspecified atom stereocenters. The Kier molecular flexibility index (Phi) is 4.74. The first-order valence-electron chi connectivity index (χ1n) is 7.64. The second kappa shape index (κ2) is 7.12. The van der Waals surface area contributed by atoms with E-state index in [9.17, 15) is 9.18 Å². The van der Waals surface area contributed by atoms with Crippen LogP contribution in [0.2, 0.25) is 0 Å². The van der Waals surface area contributed by atoms with Crippen molar-refractivity contribution in [2.24, 2.45) is 0 Å². The first-order valence-corrected chi connectivity index (χ1v) is 7.64. The summed E-state index contributed by atoms with van der Waals surface area (Å²) in [7, 11) is 1.76. The molecule has 1 aromatic carbocycles. The van der Waals surface area contributed by atoms with Crippen molar-refractivity contribution in [3.63, 3.8) is 0 Å². The monoisotopic (exact) mass is 337 g/mol. The molecule has 7 heteroatoms. The average Bonchev–Trinajstić information content (AvgIpc) is 2.61. The molecule has 3 aromatic rings. The van der Waals surface area contributed by atoms with Crippen LogP contribution in [0.1, 0.15) is 21.9 Å². The number of aryl methyl sites for hydroxylation is 1. The minimum atomic E-state index is -0.491. The molecule has 0 aliphatic rings. The standard InChI is InChI=1S/C18H16FN5O/c1-12-3-4-22-18(23-12)8-17(25)13-5-14(19)7-15(6-13)24(2)16-9-20-11-21-10-16/h3-7,9-11H,8H2,1-2H3. The molecular weight excluding hydrogens is 321 g/mol. The number of anilines is 2. The normalized spacial score (nSPS) is 10.5. The number of ketones is 1. The number of hydrogen-bond acceptors (Lipinski definition) is 6. The van der Waals surface area contributed by atoms with Crippen LogP contribution in [0.5, 0.6) is 0 Å². The highest BCUT2D eigenvalue weighted by Gasteiger charge is 2.14. The molecular formula is C18H16FN5O. The number of hydrogen-bond donors (Lipinski definition) is 0. The van der Waals surface area contributed by atoms with Gasteiger partial charge in [0.25, 0.3) is 0 Å². The summed E-state index contributed by atoms with van der Waals surface area (Å²) < 4.78 is 14.0. The number of carbonyl (C=O) groups is 1. The molecule has 0 saturated heterocycles. The van der Waals surface area contributed by atoms with Crippen LogP contribution in [0.4, 0.5) is 15.8 Å². The van der Waals surface area contributed by atoms with Crippen molar-refractivity contribution in [3.05, 3.63) is 72.1 Å². The largest absolute Gasteiger partial charge is 0.342 e. The lowest BCUT2D eigenvalue weighted by Gasteiger charge is -2.19. The lowest BCUT2D eigenvalue weighted by atomic mass is 10.1. The molecule has 25 heavy (non-hydrogen) atoms. The highest BCUT2D eigenvalue weighted by molar-refractivity contribution is 5.98. The minimum absolute atomic E-state index is 0.0166. The van der Waals surface area contributed by atoms with Crippen LogP contribution in [0.15, 0.2) is 49.2 Å². The van der Waals surface area contributed by atoms with Gasteiger partial charge in [0.1, 0.15) is 18.0 Å². The fraction of sp³-hybridized carbons (Fsp3) is 0.167. The summed E-state index contributed by atoms with van der Waals surface area (Å²) >= 11 is 0. The molecule has 3 rings (SSSR count). The van der Waals surface area contributed by atoms with Crippen molar-refractivity contribution in [1.82, 2.24) is 19.9 Å². The van der Waals surface area contributed by atoms with Crippen molar-refractivity contribution < 1.29 is 9.18 Å². The maximum Gasteiger partial charge on any atom is 0.170 e. The molecule has 0 N–H and O–H groups in total. The molecule has 2 heterocycles. The third-order valence-electron chi connectivity index (χ3n) is 3.69. The van der Waals surface area contributed by atoms with Crippen molar-refractivity contribution in [2.75, 3.05) is 11.9 Å². The summed E-state index contributed by atoms with van der Waals surface area (Å²) in [4.78, 5) is 30.4. The molecule has 0 aliphatic heterocycles. The summed E-state index contributed by atoms with van der Waals surface area (Å²) in [6.07, 6.45) is 6.26. The van der Waals surface area contributed by atoms with Crippen molar-refractivity contribution in [1.29, 1.82) is 0 Å². The van der Waals surface area contributed by atoms with E-state index < -0.39 is 5.82 Å². The Morgan fingerprint density at radius 3 is 2.64 bits per heavy atom. The highest BCUT2D eigenvalue weighted by atomic mass is 19.1. The summed E-state index contributed by atoms with van der Waals surface area (Å²) in [5.41, 5.74) is 2.27. The van der Waals surface area contributed by atoms with Crippen molar-refractivity contribution >= 4 is 17.2 Å². The maximum atomic E-state index is 14.0. The number of nitrogens with zero attached hydrogens (tertiary/aromatic N) is 5. The van der Waals surface area contributed by atoms with Gasteiger partial charge >= 0.3 is 0 Å². The van der Waals surface area contributed by atoms with E-state index in [0.29, 0.717) is 17.2 Å². The van der Waals surface area contributed by atoms with Crippen LogP contribution in [0.25, 0.3) is 0 Å². The van der Waals surface area contributed by atoms with E-state index in [1.807, 2.05) is 6.92 Å². The van der Waals surface area contributed by atoms with Crippen LogP contribution in [-0.2, 0) is 6.42 Å². The topological polar surface area (TPSA) is 71.9 Å². The number of benzene rings is 1. The Morgan fingerprint density at radius 2 is 1.92 bits per heavy atom. The Hall–Kier alpha value is -3.22. The second-order valence-electron chi connectivity index (χ2n) is 5.57. The van der Waals surface area contributed by atoms with Gasteiger partial charge in [0.05, 0.1) is 24.5 Å². The Balaban J connectivity index is 1.87. The van der Waals surface area contributed by atoms with Gasteiger partial charge in [0.2, 0.25) is 0 Å². The molecule has 0 atom stereocenters.